The Morgan fingerprint density at radius 3 is 2.76 bits per heavy atom. The van der Waals surface area contributed by atoms with E-state index in [0.717, 1.165) is 25.3 Å². The Morgan fingerprint density at radius 2 is 2.08 bits per heavy atom. The van der Waals surface area contributed by atoms with E-state index in [1.165, 1.54) is 12.1 Å². The minimum Gasteiger partial charge on any atom is -0.452 e. The van der Waals surface area contributed by atoms with E-state index < -0.39 is 17.5 Å². The van der Waals surface area contributed by atoms with Gasteiger partial charge in [0, 0.05) is 18.2 Å². The van der Waals surface area contributed by atoms with Gasteiger partial charge in [-0.3, -0.25) is 14.9 Å². The maximum Gasteiger partial charge on any atom is 0.340 e. The lowest BCUT2D eigenvalue weighted by molar-refractivity contribution is -0.384. The number of hydrogen-bond donors (Lipinski definition) is 1. The molecule has 1 aromatic carbocycles. The number of ether oxygens (including phenoxy) is 1. The Morgan fingerprint density at radius 1 is 1.36 bits per heavy atom. The molecule has 0 unspecified atom stereocenters. The molecule has 0 bridgehead atoms. The lowest BCUT2D eigenvalue weighted by Crippen LogP contribution is -2.45. The Balaban J connectivity index is 1.92. The number of nitrogens with zero attached hydrogens (tertiary/aromatic N) is 1. The number of hydrogen-bond acceptors (Lipinski definition) is 5. The van der Waals surface area contributed by atoms with Crippen LogP contribution in [0.15, 0.2) is 18.2 Å². The zero-order valence-corrected chi connectivity index (χ0v) is 14.9. The highest BCUT2D eigenvalue weighted by atomic mass is 35.5. The number of carbonyl (C=O) groups is 2. The summed E-state index contributed by atoms with van der Waals surface area (Å²) in [7, 11) is 0. The molecule has 0 aliphatic heterocycles. The Bertz CT molecular complexity index is 679. The van der Waals surface area contributed by atoms with Crippen LogP contribution in [-0.2, 0) is 9.53 Å². The van der Waals surface area contributed by atoms with E-state index >= 15 is 0 Å². The van der Waals surface area contributed by atoms with Gasteiger partial charge in [0.2, 0.25) is 0 Å². The van der Waals surface area contributed by atoms with Gasteiger partial charge >= 0.3 is 5.97 Å². The first-order chi connectivity index (χ1) is 11.8. The number of nitrogens with one attached hydrogen (secondary N) is 1. The van der Waals surface area contributed by atoms with Crippen molar-refractivity contribution in [1.29, 1.82) is 0 Å². The van der Waals surface area contributed by atoms with Crippen molar-refractivity contribution in [3.05, 3.63) is 38.9 Å². The van der Waals surface area contributed by atoms with Gasteiger partial charge in [-0.15, -0.1) is 0 Å². The van der Waals surface area contributed by atoms with Crippen molar-refractivity contribution in [2.75, 3.05) is 6.61 Å². The van der Waals surface area contributed by atoms with Gasteiger partial charge in [-0.2, -0.15) is 0 Å². The number of amides is 1. The van der Waals surface area contributed by atoms with E-state index in [4.69, 9.17) is 16.3 Å². The van der Waals surface area contributed by atoms with Gasteiger partial charge < -0.3 is 10.1 Å². The number of rotatable bonds is 5. The summed E-state index contributed by atoms with van der Waals surface area (Å²) in [5, 5.41) is 13.7. The number of carbonyl (C=O) groups excluding carboxylic acids is 2. The Labute approximate surface area is 150 Å². The maximum absolute atomic E-state index is 12.0. The molecule has 1 amide bonds. The lowest BCUT2D eigenvalue weighted by Gasteiger charge is -2.34. The summed E-state index contributed by atoms with van der Waals surface area (Å²) in [6.07, 6.45) is 3.11. The number of benzene rings is 1. The second-order valence-corrected chi connectivity index (χ2v) is 6.85. The van der Waals surface area contributed by atoms with Crippen molar-refractivity contribution < 1.29 is 19.2 Å². The molecule has 1 N–H and O–H groups in total. The molecule has 1 saturated carbocycles. The quantitative estimate of drug-likeness (QED) is 0.488. The van der Waals surface area contributed by atoms with E-state index in [-0.39, 0.29) is 28.2 Å². The molecule has 0 heterocycles. The van der Waals surface area contributed by atoms with Crippen LogP contribution in [-0.4, -0.2) is 29.4 Å². The SMILES string of the molecule is C[C@@H]1[C@@H](C)CCC[C@H]1NC(=O)COC(=O)c1cc([N+](=O)[O-])ccc1Cl. The van der Waals surface area contributed by atoms with Crippen LogP contribution in [0.2, 0.25) is 5.02 Å². The fourth-order valence-electron chi connectivity index (χ4n) is 3.03. The number of non-ortho nitro benzene ring substituents is 1. The summed E-state index contributed by atoms with van der Waals surface area (Å²) >= 11 is 5.88. The summed E-state index contributed by atoms with van der Waals surface area (Å²) in [4.78, 5) is 34.2. The highest BCUT2D eigenvalue weighted by Crippen LogP contribution is 2.29. The highest BCUT2D eigenvalue weighted by Gasteiger charge is 2.28. The normalized spacial score (nSPS) is 22.9. The molecule has 7 nitrogen and oxygen atoms in total. The molecule has 0 radical (unpaired) electrons. The van der Waals surface area contributed by atoms with Gasteiger partial charge in [-0.1, -0.05) is 38.3 Å². The predicted octanol–water partition coefficient (Wildman–Crippen LogP) is 3.35. The van der Waals surface area contributed by atoms with Crippen LogP contribution in [0, 0.1) is 22.0 Å². The minimum atomic E-state index is -0.867. The van der Waals surface area contributed by atoms with E-state index in [1.807, 2.05) is 0 Å². The summed E-state index contributed by atoms with van der Waals surface area (Å²) < 4.78 is 4.95. The number of nitro groups is 1. The average Bonchev–Trinajstić information content (AvgIpc) is 2.57. The fraction of sp³-hybridized carbons (Fsp3) is 0.529. The standard InChI is InChI=1S/C17H21ClN2O5/c1-10-4-3-5-15(11(10)2)19-16(21)9-25-17(22)13-8-12(20(23)24)6-7-14(13)18/h6-8,10-11,15H,3-5,9H2,1-2H3,(H,19,21)/t10-,11+,15+/m0/s1. The second kappa shape index (κ2) is 8.29. The van der Waals surface area contributed by atoms with Crippen LogP contribution >= 0.6 is 11.6 Å². The van der Waals surface area contributed by atoms with Crippen molar-refractivity contribution in [2.45, 2.75) is 39.2 Å². The van der Waals surface area contributed by atoms with Gasteiger partial charge in [0.25, 0.3) is 11.6 Å². The van der Waals surface area contributed by atoms with Crippen molar-refractivity contribution in [2.24, 2.45) is 11.8 Å². The average molecular weight is 369 g/mol. The zero-order chi connectivity index (χ0) is 18.6. The van der Waals surface area contributed by atoms with Crippen molar-refractivity contribution in [3.63, 3.8) is 0 Å². The molecule has 0 spiro atoms. The van der Waals surface area contributed by atoms with Gasteiger partial charge in [-0.05, 0) is 24.3 Å². The molecular weight excluding hydrogens is 348 g/mol. The fourth-order valence-corrected chi connectivity index (χ4v) is 3.22. The molecular formula is C17H21ClN2O5. The number of halogens is 1. The summed E-state index contributed by atoms with van der Waals surface area (Å²) in [6, 6.07) is 3.54. The topological polar surface area (TPSA) is 98.5 Å². The maximum atomic E-state index is 12.0. The first-order valence-electron chi connectivity index (χ1n) is 8.20. The van der Waals surface area contributed by atoms with Crippen LogP contribution in [0.4, 0.5) is 5.69 Å². The predicted molar refractivity (Wildman–Crippen MR) is 92.5 cm³/mol. The second-order valence-electron chi connectivity index (χ2n) is 6.44. The smallest absolute Gasteiger partial charge is 0.340 e. The minimum absolute atomic E-state index is 0.0331. The first-order valence-corrected chi connectivity index (χ1v) is 8.57. The van der Waals surface area contributed by atoms with Crippen LogP contribution < -0.4 is 5.32 Å². The van der Waals surface area contributed by atoms with E-state index in [9.17, 15) is 19.7 Å². The molecule has 8 heteroatoms. The molecule has 136 valence electrons. The highest BCUT2D eigenvalue weighted by molar-refractivity contribution is 6.33. The van der Waals surface area contributed by atoms with E-state index in [1.54, 1.807) is 0 Å². The van der Waals surface area contributed by atoms with Crippen LogP contribution in [0.3, 0.4) is 0 Å². The molecule has 2 rings (SSSR count). The van der Waals surface area contributed by atoms with Crippen LogP contribution in [0.25, 0.3) is 0 Å². The molecule has 1 aliphatic carbocycles. The largest absolute Gasteiger partial charge is 0.452 e. The van der Waals surface area contributed by atoms with Crippen LogP contribution in [0.1, 0.15) is 43.5 Å². The first kappa shape index (κ1) is 19.2. The molecule has 1 fully saturated rings. The summed E-state index contributed by atoms with van der Waals surface area (Å²) in [5.74, 6) is -0.361. The van der Waals surface area contributed by atoms with Gasteiger partial charge in [0.1, 0.15) is 0 Å². The molecule has 3 atom stereocenters. The number of nitro benzene ring substituents is 1. The third-order valence-electron chi connectivity index (χ3n) is 4.77. The summed E-state index contributed by atoms with van der Waals surface area (Å²) in [5.41, 5.74) is -0.408. The Hall–Kier alpha value is -2.15. The molecule has 1 aliphatic rings. The lowest BCUT2D eigenvalue weighted by atomic mass is 9.78. The molecule has 0 saturated heterocycles. The van der Waals surface area contributed by atoms with Crippen molar-refractivity contribution in [3.8, 4) is 0 Å². The molecule has 0 aromatic heterocycles. The van der Waals surface area contributed by atoms with Crippen LogP contribution in [0.5, 0.6) is 0 Å². The molecule has 25 heavy (non-hydrogen) atoms. The molecule has 1 aromatic rings. The van der Waals surface area contributed by atoms with Gasteiger partial charge in [0.15, 0.2) is 6.61 Å². The monoisotopic (exact) mass is 368 g/mol. The summed E-state index contributed by atoms with van der Waals surface area (Å²) in [6.45, 7) is 3.81. The van der Waals surface area contributed by atoms with Gasteiger partial charge in [0.05, 0.1) is 15.5 Å². The third kappa shape index (κ3) is 4.92. The van der Waals surface area contributed by atoms with Crippen molar-refractivity contribution in [1.82, 2.24) is 5.32 Å². The van der Waals surface area contributed by atoms with E-state index in [0.29, 0.717) is 11.8 Å². The zero-order valence-electron chi connectivity index (χ0n) is 14.2. The van der Waals surface area contributed by atoms with Gasteiger partial charge in [-0.25, -0.2) is 4.79 Å². The van der Waals surface area contributed by atoms with E-state index in [2.05, 4.69) is 19.2 Å². The van der Waals surface area contributed by atoms with Crippen molar-refractivity contribution >= 4 is 29.2 Å². The number of esters is 1. The third-order valence-corrected chi connectivity index (χ3v) is 5.10. The Kier molecular flexibility index (Phi) is 6.36.